The Morgan fingerprint density at radius 2 is 1.84 bits per heavy atom. The molecule has 0 bridgehead atoms. The second kappa shape index (κ2) is 7.57. The number of amides is 2. The predicted octanol–water partition coefficient (Wildman–Crippen LogP) is 2.46. The lowest BCUT2D eigenvalue weighted by Crippen LogP contribution is -2.44. The van der Waals surface area contributed by atoms with Gasteiger partial charge in [-0.1, -0.05) is 36.4 Å². The molecule has 1 aliphatic rings. The first kappa shape index (κ1) is 17.3. The molecule has 5 heteroatoms. The summed E-state index contributed by atoms with van der Waals surface area (Å²) in [6, 6.07) is 14.7. The Morgan fingerprint density at radius 3 is 2.64 bits per heavy atom. The van der Waals surface area contributed by atoms with E-state index >= 15 is 0 Å². The van der Waals surface area contributed by atoms with Crippen LogP contribution in [0.3, 0.4) is 0 Å². The molecule has 2 amide bonds. The number of carbonyl (C=O) groups is 1. The SMILES string of the molecule is O=C(NCCCc1ccc(O)cc1)NCC1(O)CCc2ccccc21. The highest BCUT2D eigenvalue weighted by Gasteiger charge is 2.36. The molecule has 0 spiro atoms. The van der Waals surface area contributed by atoms with E-state index in [4.69, 9.17) is 0 Å². The van der Waals surface area contributed by atoms with Gasteiger partial charge in [-0.2, -0.15) is 0 Å². The zero-order valence-electron chi connectivity index (χ0n) is 14.2. The Balaban J connectivity index is 1.39. The maximum atomic E-state index is 11.9. The second-order valence-electron chi connectivity index (χ2n) is 6.57. The van der Waals surface area contributed by atoms with E-state index in [1.165, 1.54) is 0 Å². The molecular weight excluding hydrogens is 316 g/mol. The van der Waals surface area contributed by atoms with Gasteiger partial charge in [0, 0.05) is 6.54 Å². The van der Waals surface area contributed by atoms with Crippen LogP contribution in [0.1, 0.15) is 29.5 Å². The standard InChI is InChI=1S/C20H24N2O3/c23-17-9-7-15(8-10-17)4-3-13-21-19(24)22-14-20(25)12-11-16-5-1-2-6-18(16)20/h1-2,5-10,23,25H,3-4,11-14H2,(H2,21,22,24). The summed E-state index contributed by atoms with van der Waals surface area (Å²) < 4.78 is 0. The summed E-state index contributed by atoms with van der Waals surface area (Å²) in [6.07, 6.45) is 3.11. The molecule has 2 aromatic carbocycles. The molecule has 0 saturated heterocycles. The van der Waals surface area contributed by atoms with Crippen LogP contribution in [-0.4, -0.2) is 29.3 Å². The molecule has 3 rings (SSSR count). The van der Waals surface area contributed by atoms with Crippen molar-refractivity contribution in [3.05, 3.63) is 65.2 Å². The van der Waals surface area contributed by atoms with Crippen molar-refractivity contribution < 1.29 is 15.0 Å². The van der Waals surface area contributed by atoms with Crippen molar-refractivity contribution in [2.24, 2.45) is 0 Å². The molecule has 0 radical (unpaired) electrons. The molecular formula is C20H24N2O3. The Morgan fingerprint density at radius 1 is 1.08 bits per heavy atom. The van der Waals surface area contributed by atoms with E-state index in [1.807, 2.05) is 36.4 Å². The van der Waals surface area contributed by atoms with E-state index in [9.17, 15) is 15.0 Å². The van der Waals surface area contributed by atoms with Crippen LogP contribution >= 0.6 is 0 Å². The Bertz CT molecular complexity index is 730. The van der Waals surface area contributed by atoms with Gasteiger partial charge in [0.25, 0.3) is 0 Å². The largest absolute Gasteiger partial charge is 0.508 e. The fourth-order valence-corrected chi connectivity index (χ4v) is 3.30. The number of fused-ring (bicyclic) bond motifs is 1. The Labute approximate surface area is 147 Å². The third kappa shape index (κ3) is 4.31. The molecule has 5 nitrogen and oxygen atoms in total. The summed E-state index contributed by atoms with van der Waals surface area (Å²) in [6.45, 7) is 0.773. The van der Waals surface area contributed by atoms with E-state index < -0.39 is 5.60 Å². The summed E-state index contributed by atoms with van der Waals surface area (Å²) in [4.78, 5) is 11.9. The number of hydrogen-bond donors (Lipinski definition) is 4. The van der Waals surface area contributed by atoms with Gasteiger partial charge in [-0.25, -0.2) is 4.79 Å². The number of aryl methyl sites for hydroxylation is 2. The molecule has 0 aliphatic heterocycles. The number of phenolic OH excluding ortho intramolecular Hbond substituents is 1. The third-order valence-corrected chi connectivity index (χ3v) is 4.73. The maximum absolute atomic E-state index is 11.9. The van der Waals surface area contributed by atoms with Gasteiger partial charge in [0.05, 0.1) is 6.54 Å². The van der Waals surface area contributed by atoms with Gasteiger partial charge in [-0.05, 0) is 54.5 Å². The zero-order chi connectivity index (χ0) is 17.7. The lowest BCUT2D eigenvalue weighted by Gasteiger charge is -2.24. The Kier molecular flexibility index (Phi) is 5.24. The predicted molar refractivity (Wildman–Crippen MR) is 96.5 cm³/mol. The number of urea groups is 1. The molecule has 1 aliphatic carbocycles. The number of rotatable bonds is 6. The maximum Gasteiger partial charge on any atom is 0.314 e. The highest BCUT2D eigenvalue weighted by Crippen LogP contribution is 2.36. The molecule has 0 aromatic heterocycles. The van der Waals surface area contributed by atoms with Crippen LogP contribution in [0, 0.1) is 0 Å². The lowest BCUT2D eigenvalue weighted by molar-refractivity contribution is 0.0412. The molecule has 1 unspecified atom stereocenters. The third-order valence-electron chi connectivity index (χ3n) is 4.73. The summed E-state index contributed by atoms with van der Waals surface area (Å²) in [7, 11) is 0. The topological polar surface area (TPSA) is 81.6 Å². The van der Waals surface area contributed by atoms with Gasteiger partial charge in [0.2, 0.25) is 0 Å². The van der Waals surface area contributed by atoms with Crippen molar-refractivity contribution in [2.75, 3.05) is 13.1 Å². The minimum absolute atomic E-state index is 0.216. The highest BCUT2D eigenvalue weighted by atomic mass is 16.3. The van der Waals surface area contributed by atoms with Gasteiger partial charge in [0.1, 0.15) is 11.4 Å². The summed E-state index contributed by atoms with van der Waals surface area (Å²) in [5, 5.41) is 25.6. The molecule has 1 atom stereocenters. The lowest BCUT2D eigenvalue weighted by atomic mass is 9.96. The van der Waals surface area contributed by atoms with Crippen molar-refractivity contribution in [2.45, 2.75) is 31.3 Å². The Hall–Kier alpha value is -2.53. The fraction of sp³-hybridized carbons (Fsp3) is 0.350. The van der Waals surface area contributed by atoms with Crippen LogP contribution in [0.5, 0.6) is 5.75 Å². The fourth-order valence-electron chi connectivity index (χ4n) is 3.30. The minimum atomic E-state index is -0.972. The van der Waals surface area contributed by atoms with Crippen LogP contribution in [0.2, 0.25) is 0 Å². The second-order valence-corrected chi connectivity index (χ2v) is 6.57. The molecule has 4 N–H and O–H groups in total. The van der Waals surface area contributed by atoms with E-state index in [0.29, 0.717) is 13.0 Å². The van der Waals surface area contributed by atoms with Crippen LogP contribution in [-0.2, 0) is 18.4 Å². The van der Waals surface area contributed by atoms with Gasteiger partial charge in [-0.3, -0.25) is 0 Å². The average molecular weight is 340 g/mol. The molecule has 0 saturated carbocycles. The van der Waals surface area contributed by atoms with Gasteiger partial charge >= 0.3 is 6.03 Å². The smallest absolute Gasteiger partial charge is 0.314 e. The van der Waals surface area contributed by atoms with Crippen LogP contribution < -0.4 is 10.6 Å². The van der Waals surface area contributed by atoms with Crippen molar-refractivity contribution in [1.82, 2.24) is 10.6 Å². The summed E-state index contributed by atoms with van der Waals surface area (Å²) in [5.74, 6) is 0.257. The average Bonchev–Trinajstić information content (AvgIpc) is 2.96. The van der Waals surface area contributed by atoms with E-state index in [-0.39, 0.29) is 18.3 Å². The number of benzene rings is 2. The number of nitrogens with one attached hydrogen (secondary N) is 2. The summed E-state index contributed by atoms with van der Waals surface area (Å²) >= 11 is 0. The van der Waals surface area contributed by atoms with Crippen molar-refractivity contribution >= 4 is 6.03 Å². The quantitative estimate of drug-likeness (QED) is 0.610. The van der Waals surface area contributed by atoms with E-state index in [0.717, 1.165) is 36.0 Å². The van der Waals surface area contributed by atoms with Crippen molar-refractivity contribution in [3.8, 4) is 5.75 Å². The first-order chi connectivity index (χ1) is 12.1. The molecule has 2 aromatic rings. The van der Waals surface area contributed by atoms with Crippen LogP contribution in [0.4, 0.5) is 4.79 Å². The van der Waals surface area contributed by atoms with Gasteiger partial charge in [0.15, 0.2) is 0 Å². The van der Waals surface area contributed by atoms with Crippen molar-refractivity contribution in [3.63, 3.8) is 0 Å². The number of hydrogen-bond acceptors (Lipinski definition) is 3. The number of aromatic hydroxyl groups is 1. The number of carbonyl (C=O) groups excluding carboxylic acids is 1. The normalized spacial score (nSPS) is 18.6. The zero-order valence-corrected chi connectivity index (χ0v) is 14.2. The van der Waals surface area contributed by atoms with Gasteiger partial charge < -0.3 is 20.8 Å². The minimum Gasteiger partial charge on any atom is -0.508 e. The van der Waals surface area contributed by atoms with Crippen molar-refractivity contribution in [1.29, 1.82) is 0 Å². The number of phenols is 1. The highest BCUT2D eigenvalue weighted by molar-refractivity contribution is 5.73. The monoisotopic (exact) mass is 340 g/mol. The molecule has 132 valence electrons. The molecule has 0 heterocycles. The first-order valence-electron chi connectivity index (χ1n) is 8.67. The first-order valence-corrected chi connectivity index (χ1v) is 8.67. The van der Waals surface area contributed by atoms with Crippen LogP contribution in [0.15, 0.2) is 48.5 Å². The molecule has 0 fully saturated rings. The number of aliphatic hydroxyl groups is 1. The summed E-state index contributed by atoms with van der Waals surface area (Å²) in [5.41, 5.74) is 2.22. The molecule has 25 heavy (non-hydrogen) atoms. The van der Waals surface area contributed by atoms with E-state index in [2.05, 4.69) is 10.6 Å². The van der Waals surface area contributed by atoms with Gasteiger partial charge in [-0.15, -0.1) is 0 Å². The van der Waals surface area contributed by atoms with Crippen LogP contribution in [0.25, 0.3) is 0 Å². The van der Waals surface area contributed by atoms with E-state index in [1.54, 1.807) is 12.1 Å².